The highest BCUT2D eigenvalue weighted by molar-refractivity contribution is 5.90. The molecule has 7 nitrogen and oxygen atoms in total. The molecular formula is C28H23FO7. The number of carbonyl (C=O) groups is 3. The molecule has 0 aliphatic heterocycles. The van der Waals surface area contributed by atoms with E-state index in [1.54, 1.807) is 30.3 Å². The Balaban J connectivity index is 1.96. The summed E-state index contributed by atoms with van der Waals surface area (Å²) in [4.78, 5) is 34.8. The Bertz CT molecular complexity index is 1370. The van der Waals surface area contributed by atoms with Gasteiger partial charge in [0.05, 0.1) is 7.11 Å². The normalized spacial score (nSPS) is 10.2. The quantitative estimate of drug-likeness (QED) is 0.165. The summed E-state index contributed by atoms with van der Waals surface area (Å²) in [6.07, 6.45) is 0. The summed E-state index contributed by atoms with van der Waals surface area (Å²) < 4.78 is 35.9. The third kappa shape index (κ3) is 5.85. The summed E-state index contributed by atoms with van der Waals surface area (Å²) in [6, 6.07) is 13.7. The lowest BCUT2D eigenvalue weighted by Crippen LogP contribution is -2.09. The Hall–Kier alpha value is -4.72. The van der Waals surface area contributed by atoms with E-state index >= 15 is 4.39 Å². The van der Waals surface area contributed by atoms with Crippen molar-refractivity contribution in [3.63, 3.8) is 0 Å². The molecule has 0 fully saturated rings. The number of benzene rings is 3. The Morgan fingerprint density at radius 1 is 0.750 bits per heavy atom. The van der Waals surface area contributed by atoms with Crippen LogP contribution < -0.4 is 18.9 Å². The highest BCUT2D eigenvalue weighted by Gasteiger charge is 2.16. The Morgan fingerprint density at radius 2 is 1.28 bits per heavy atom. The largest absolute Gasteiger partial charge is 0.493 e. The van der Waals surface area contributed by atoms with Gasteiger partial charge in [0.1, 0.15) is 5.82 Å². The molecule has 0 heterocycles. The van der Waals surface area contributed by atoms with Crippen molar-refractivity contribution in [1.82, 2.24) is 0 Å². The molecular weight excluding hydrogens is 467 g/mol. The molecule has 0 spiro atoms. The summed E-state index contributed by atoms with van der Waals surface area (Å²) in [5.74, 6) is -1.43. The number of hydrogen-bond acceptors (Lipinski definition) is 7. The van der Waals surface area contributed by atoms with Crippen molar-refractivity contribution >= 4 is 18.4 Å². The first-order valence-electron chi connectivity index (χ1n) is 10.6. The molecule has 36 heavy (non-hydrogen) atoms. The standard InChI is InChI=1S/C28H23FO7/c1-16(2)27(31)35-24-11-8-20(14-25(24)34-15-30)21-9-6-18(12-22(21)29)19-7-10-23(33-5)26(13-19)36-28(32)17(3)4/h6-15H,1,3H2,2,4-5H3. The van der Waals surface area contributed by atoms with Crippen LogP contribution in [0.4, 0.5) is 4.39 Å². The minimum absolute atomic E-state index is 0.00838. The van der Waals surface area contributed by atoms with Crippen LogP contribution >= 0.6 is 0 Å². The van der Waals surface area contributed by atoms with Crippen LogP contribution in [0.1, 0.15) is 13.8 Å². The predicted molar refractivity (Wildman–Crippen MR) is 131 cm³/mol. The van der Waals surface area contributed by atoms with Crippen molar-refractivity contribution in [1.29, 1.82) is 0 Å². The van der Waals surface area contributed by atoms with Gasteiger partial charge in [0.15, 0.2) is 23.0 Å². The van der Waals surface area contributed by atoms with Gasteiger partial charge in [-0.3, -0.25) is 4.79 Å². The van der Waals surface area contributed by atoms with E-state index in [0.29, 0.717) is 22.4 Å². The fourth-order valence-electron chi connectivity index (χ4n) is 3.14. The van der Waals surface area contributed by atoms with Crippen LogP contribution in [0.3, 0.4) is 0 Å². The first-order valence-corrected chi connectivity index (χ1v) is 10.6. The molecule has 0 radical (unpaired) electrons. The zero-order valence-corrected chi connectivity index (χ0v) is 19.9. The van der Waals surface area contributed by atoms with Gasteiger partial charge in [-0.05, 0) is 60.9 Å². The van der Waals surface area contributed by atoms with Crippen LogP contribution in [-0.4, -0.2) is 25.5 Å². The van der Waals surface area contributed by atoms with Crippen LogP contribution in [0.15, 0.2) is 78.9 Å². The maximum absolute atomic E-state index is 15.2. The molecule has 0 amide bonds. The summed E-state index contributed by atoms with van der Waals surface area (Å²) in [5.41, 5.74) is 2.08. The fourth-order valence-corrected chi connectivity index (χ4v) is 3.14. The van der Waals surface area contributed by atoms with Gasteiger partial charge in [-0.25, -0.2) is 14.0 Å². The second kappa shape index (κ2) is 11.1. The van der Waals surface area contributed by atoms with Crippen LogP contribution in [0.5, 0.6) is 23.0 Å². The predicted octanol–water partition coefficient (Wildman–Crippen LogP) is 5.67. The highest BCUT2D eigenvalue weighted by atomic mass is 19.1. The van der Waals surface area contributed by atoms with Gasteiger partial charge in [0.2, 0.25) is 0 Å². The van der Waals surface area contributed by atoms with Crippen molar-refractivity contribution in [3.05, 3.63) is 84.7 Å². The third-order valence-corrected chi connectivity index (χ3v) is 5.00. The molecule has 0 N–H and O–H groups in total. The van der Waals surface area contributed by atoms with E-state index in [9.17, 15) is 14.4 Å². The average Bonchev–Trinajstić information content (AvgIpc) is 2.85. The molecule has 184 valence electrons. The minimum atomic E-state index is -0.693. The first-order chi connectivity index (χ1) is 17.1. The van der Waals surface area contributed by atoms with Crippen molar-refractivity contribution in [2.24, 2.45) is 0 Å². The van der Waals surface area contributed by atoms with Gasteiger partial charge in [-0.1, -0.05) is 37.4 Å². The molecule has 8 heteroatoms. The number of esters is 2. The second-order valence-electron chi connectivity index (χ2n) is 7.78. The maximum Gasteiger partial charge on any atom is 0.338 e. The number of ether oxygens (including phenoxy) is 4. The van der Waals surface area contributed by atoms with Crippen LogP contribution in [0.25, 0.3) is 22.3 Å². The van der Waals surface area contributed by atoms with Gasteiger partial charge >= 0.3 is 11.9 Å². The lowest BCUT2D eigenvalue weighted by Gasteiger charge is -2.13. The lowest BCUT2D eigenvalue weighted by molar-refractivity contribution is -0.131. The van der Waals surface area contributed by atoms with Gasteiger partial charge in [-0.2, -0.15) is 0 Å². The fraction of sp³-hybridized carbons (Fsp3) is 0.107. The summed E-state index contributed by atoms with van der Waals surface area (Å²) >= 11 is 0. The van der Waals surface area contributed by atoms with E-state index in [1.807, 2.05) is 0 Å². The Kier molecular flexibility index (Phi) is 8.01. The van der Waals surface area contributed by atoms with E-state index in [4.69, 9.17) is 18.9 Å². The summed E-state index contributed by atoms with van der Waals surface area (Å²) in [5, 5.41) is 0. The summed E-state index contributed by atoms with van der Waals surface area (Å²) in [6.45, 7) is 10.2. The maximum atomic E-state index is 15.2. The first kappa shape index (κ1) is 25.9. The van der Waals surface area contributed by atoms with Crippen LogP contribution in [0, 0.1) is 5.82 Å². The number of halogens is 1. The monoisotopic (exact) mass is 490 g/mol. The minimum Gasteiger partial charge on any atom is -0.493 e. The number of rotatable bonds is 9. The SMILES string of the molecule is C=C(C)C(=O)Oc1cc(-c2ccc(-c3ccc(OC(=O)C(=C)C)c(OC=O)c3)c(F)c2)ccc1OC. The number of carbonyl (C=O) groups excluding carboxylic acids is 3. The van der Waals surface area contributed by atoms with E-state index in [0.717, 1.165) is 0 Å². The molecule has 0 aliphatic carbocycles. The second-order valence-corrected chi connectivity index (χ2v) is 7.78. The third-order valence-electron chi connectivity index (χ3n) is 5.00. The van der Waals surface area contributed by atoms with Crippen LogP contribution in [-0.2, 0) is 14.4 Å². The van der Waals surface area contributed by atoms with Gasteiger partial charge in [-0.15, -0.1) is 0 Å². The molecule has 0 saturated carbocycles. The van der Waals surface area contributed by atoms with Crippen molar-refractivity contribution in [2.75, 3.05) is 7.11 Å². The smallest absolute Gasteiger partial charge is 0.338 e. The Morgan fingerprint density at radius 3 is 1.86 bits per heavy atom. The van der Waals surface area contributed by atoms with Gasteiger partial charge in [0.25, 0.3) is 6.47 Å². The molecule has 3 rings (SSSR count). The molecule has 0 bridgehead atoms. The molecule has 0 unspecified atom stereocenters. The zero-order valence-electron chi connectivity index (χ0n) is 19.9. The summed E-state index contributed by atoms with van der Waals surface area (Å²) in [7, 11) is 1.44. The molecule has 3 aromatic rings. The van der Waals surface area contributed by atoms with E-state index in [1.165, 1.54) is 45.2 Å². The zero-order chi connectivity index (χ0) is 26.4. The van der Waals surface area contributed by atoms with E-state index in [2.05, 4.69) is 13.2 Å². The topological polar surface area (TPSA) is 88.1 Å². The molecule has 0 aliphatic rings. The number of methoxy groups -OCH3 is 1. The molecule has 0 atom stereocenters. The van der Waals surface area contributed by atoms with Gasteiger partial charge < -0.3 is 18.9 Å². The van der Waals surface area contributed by atoms with E-state index in [-0.39, 0.29) is 40.4 Å². The Labute approximate surface area is 207 Å². The van der Waals surface area contributed by atoms with Crippen molar-refractivity contribution in [2.45, 2.75) is 13.8 Å². The molecule has 3 aromatic carbocycles. The van der Waals surface area contributed by atoms with Gasteiger partial charge in [0, 0.05) is 16.7 Å². The number of hydrogen-bond donors (Lipinski definition) is 0. The van der Waals surface area contributed by atoms with Crippen molar-refractivity contribution in [3.8, 4) is 45.3 Å². The molecule has 0 aromatic heterocycles. The highest BCUT2D eigenvalue weighted by Crippen LogP contribution is 2.37. The lowest BCUT2D eigenvalue weighted by atomic mass is 9.99. The average molecular weight is 490 g/mol. The van der Waals surface area contributed by atoms with E-state index < -0.39 is 17.8 Å². The van der Waals surface area contributed by atoms with Crippen molar-refractivity contribution < 1.29 is 37.7 Å². The van der Waals surface area contributed by atoms with Crippen LogP contribution in [0.2, 0.25) is 0 Å². The molecule has 0 saturated heterocycles.